The van der Waals surface area contributed by atoms with Crippen LogP contribution < -0.4 is 5.19 Å². The molecule has 1 fully saturated rings. The summed E-state index contributed by atoms with van der Waals surface area (Å²) in [5, 5.41) is 13.6. The van der Waals surface area contributed by atoms with Gasteiger partial charge in [0, 0.05) is 17.2 Å². The van der Waals surface area contributed by atoms with E-state index in [9.17, 15) is 5.21 Å². The molecule has 0 radical (unpaired) electrons. The van der Waals surface area contributed by atoms with Crippen molar-refractivity contribution < 1.29 is 9.74 Å². The zero-order valence-electron chi connectivity index (χ0n) is 14.6. The summed E-state index contributed by atoms with van der Waals surface area (Å²) in [5.74, 6) is 1.22. The van der Waals surface area contributed by atoms with Crippen LogP contribution in [0.25, 0.3) is 0 Å². The van der Waals surface area contributed by atoms with Gasteiger partial charge in [-0.05, 0) is 12.8 Å². The van der Waals surface area contributed by atoms with Crippen molar-refractivity contribution in [3.63, 3.8) is 0 Å². The van der Waals surface area contributed by atoms with Crippen molar-refractivity contribution >= 4 is 19.0 Å². The highest BCUT2D eigenvalue weighted by Crippen LogP contribution is 2.49. The van der Waals surface area contributed by atoms with Crippen molar-refractivity contribution in [3.8, 4) is 0 Å². The molecule has 0 N–H and O–H groups in total. The molecule has 0 unspecified atom stereocenters. The molecule has 1 aliphatic heterocycles. The van der Waals surface area contributed by atoms with E-state index in [1.807, 2.05) is 6.92 Å². The topological polar surface area (TPSA) is 35.3 Å². The van der Waals surface area contributed by atoms with Crippen LogP contribution in [0, 0.1) is 16.5 Å². The van der Waals surface area contributed by atoms with E-state index in [4.69, 9.17) is 4.84 Å². The maximum absolute atomic E-state index is 12.3. The van der Waals surface area contributed by atoms with Crippen LogP contribution in [0.3, 0.4) is 0 Å². The Kier molecular flexibility index (Phi) is 4.13. The van der Waals surface area contributed by atoms with Crippen LogP contribution in [0.4, 0.5) is 0 Å². The van der Waals surface area contributed by atoms with Crippen molar-refractivity contribution in [2.24, 2.45) is 11.3 Å². The molecule has 0 aromatic heterocycles. The summed E-state index contributed by atoms with van der Waals surface area (Å²) >= 11 is 0. The van der Waals surface area contributed by atoms with Crippen molar-refractivity contribution in [1.29, 1.82) is 0 Å². The first kappa shape index (κ1) is 16.3. The van der Waals surface area contributed by atoms with Crippen molar-refractivity contribution in [1.82, 2.24) is 0 Å². The fraction of sp³-hybridized carbons (Fsp3) is 0.526. The Bertz CT molecular complexity index is 651. The van der Waals surface area contributed by atoms with Gasteiger partial charge in [0.15, 0.2) is 0 Å². The van der Waals surface area contributed by atoms with E-state index in [0.29, 0.717) is 5.92 Å². The van der Waals surface area contributed by atoms with Gasteiger partial charge >= 0.3 is 0 Å². The zero-order chi connectivity index (χ0) is 16.7. The van der Waals surface area contributed by atoms with Gasteiger partial charge < -0.3 is 4.84 Å². The van der Waals surface area contributed by atoms with Crippen LogP contribution in [0.2, 0.25) is 13.1 Å². The molecule has 1 aromatic carbocycles. The molecule has 4 heteroatoms. The highest BCUT2D eigenvalue weighted by Gasteiger charge is 2.48. The number of hydrogen-bond acceptors (Lipinski definition) is 2. The Balaban J connectivity index is 2.04. The number of allylic oxidation sites excluding steroid dienone is 1. The second-order valence-electron chi connectivity index (χ2n) is 7.80. The van der Waals surface area contributed by atoms with Gasteiger partial charge in [0.05, 0.1) is 11.7 Å². The van der Waals surface area contributed by atoms with Gasteiger partial charge in [-0.25, -0.2) is 0 Å². The first-order valence-corrected chi connectivity index (χ1v) is 11.7. The van der Waals surface area contributed by atoms with Crippen LogP contribution >= 0.6 is 0 Å². The SMILES string of the molecule is CC1=[N+]([O-])O/C(=C/[Si](C)(C)c2ccccc2)[C@@]2(C)CCCC[C@H]12. The van der Waals surface area contributed by atoms with Crippen molar-refractivity contribution in [3.05, 3.63) is 47.0 Å². The molecule has 2 atom stereocenters. The molecule has 1 aromatic rings. The minimum atomic E-state index is -1.80. The summed E-state index contributed by atoms with van der Waals surface area (Å²) in [6.07, 6.45) is 4.62. The van der Waals surface area contributed by atoms with Gasteiger partial charge in [-0.2, -0.15) is 0 Å². The summed E-state index contributed by atoms with van der Waals surface area (Å²) in [6.45, 7) is 8.85. The lowest BCUT2D eigenvalue weighted by molar-refractivity contribution is -0.736. The van der Waals surface area contributed by atoms with E-state index >= 15 is 0 Å². The van der Waals surface area contributed by atoms with Crippen molar-refractivity contribution in [2.75, 3.05) is 0 Å². The second kappa shape index (κ2) is 5.82. The minimum Gasteiger partial charge on any atom is -0.372 e. The molecule has 0 spiro atoms. The first-order valence-electron chi connectivity index (χ1n) is 8.62. The van der Waals surface area contributed by atoms with Crippen LogP contribution in [0.5, 0.6) is 0 Å². The normalized spacial score (nSPS) is 30.1. The molecule has 2 aliphatic rings. The summed E-state index contributed by atoms with van der Waals surface area (Å²) in [4.78, 5) is 6.53. The van der Waals surface area contributed by atoms with Crippen LogP contribution in [0.15, 0.2) is 41.8 Å². The number of nitrogens with zero attached hydrogens (tertiary/aromatic N) is 1. The molecule has 1 heterocycles. The third kappa shape index (κ3) is 2.85. The summed E-state index contributed by atoms with van der Waals surface area (Å²) in [6, 6.07) is 10.6. The van der Waals surface area contributed by atoms with Gasteiger partial charge in [0.2, 0.25) is 5.71 Å². The molecule has 23 heavy (non-hydrogen) atoms. The van der Waals surface area contributed by atoms with E-state index in [2.05, 4.69) is 56.0 Å². The fourth-order valence-corrected chi connectivity index (χ4v) is 6.42. The highest BCUT2D eigenvalue weighted by molar-refractivity contribution is 6.94. The monoisotopic (exact) mass is 329 g/mol. The van der Waals surface area contributed by atoms with Gasteiger partial charge in [0.25, 0.3) is 0 Å². The van der Waals surface area contributed by atoms with E-state index in [-0.39, 0.29) is 5.41 Å². The highest BCUT2D eigenvalue weighted by atomic mass is 28.3. The molecule has 3 rings (SSSR count). The minimum absolute atomic E-state index is 0.0255. The smallest absolute Gasteiger partial charge is 0.223 e. The molecule has 0 saturated heterocycles. The fourth-order valence-electron chi connectivity index (χ4n) is 4.16. The van der Waals surface area contributed by atoms with Crippen LogP contribution in [-0.4, -0.2) is 18.7 Å². The molecule has 0 bridgehead atoms. The summed E-state index contributed by atoms with van der Waals surface area (Å²) in [7, 11) is -1.80. The molecule has 3 nitrogen and oxygen atoms in total. The molecule has 1 aliphatic carbocycles. The lowest BCUT2D eigenvalue weighted by Crippen LogP contribution is -2.47. The van der Waals surface area contributed by atoms with Crippen LogP contribution in [-0.2, 0) is 4.84 Å². The van der Waals surface area contributed by atoms with E-state index in [1.54, 1.807) is 0 Å². The third-order valence-corrected chi connectivity index (χ3v) is 8.56. The Morgan fingerprint density at radius 3 is 2.65 bits per heavy atom. The zero-order valence-corrected chi connectivity index (χ0v) is 15.6. The van der Waals surface area contributed by atoms with Crippen molar-refractivity contribution in [2.45, 2.75) is 52.6 Å². The Morgan fingerprint density at radius 2 is 1.96 bits per heavy atom. The molecular formula is C19H27NO2Si. The standard InChI is InChI=1S/C19H27NO2Si/c1-15-17-12-8-9-13-19(17,2)18(22-20(15)21)14-23(3,4)16-10-6-5-7-11-16/h5-7,10-11,14,17H,8-9,12-13H2,1-4H3/b18-14+/t17-,19+/m1/s1. The molecule has 1 saturated carbocycles. The van der Waals surface area contributed by atoms with E-state index < -0.39 is 8.07 Å². The Labute approximate surface area is 140 Å². The Morgan fingerprint density at radius 1 is 1.26 bits per heavy atom. The van der Waals surface area contributed by atoms with Gasteiger partial charge in [-0.3, -0.25) is 5.21 Å². The second-order valence-corrected chi connectivity index (χ2v) is 12.1. The van der Waals surface area contributed by atoms with Gasteiger partial charge in [-0.15, -0.1) is 0 Å². The lowest BCUT2D eigenvalue weighted by Gasteiger charge is -2.46. The quantitative estimate of drug-likeness (QED) is 0.604. The molecule has 0 amide bonds. The number of fused-ring (bicyclic) bond motifs is 1. The largest absolute Gasteiger partial charge is 0.372 e. The van der Waals surface area contributed by atoms with Crippen LogP contribution in [0.1, 0.15) is 39.5 Å². The van der Waals surface area contributed by atoms with E-state index in [1.165, 1.54) is 18.0 Å². The predicted octanol–water partition coefficient (Wildman–Crippen LogP) is 4.14. The predicted molar refractivity (Wildman–Crippen MR) is 97.1 cm³/mol. The third-order valence-electron chi connectivity index (χ3n) is 5.75. The number of hydrogen-bond donors (Lipinski definition) is 0. The Hall–Kier alpha value is -1.55. The first-order chi connectivity index (χ1) is 10.8. The summed E-state index contributed by atoms with van der Waals surface area (Å²) in [5.41, 5.74) is 3.11. The lowest BCUT2D eigenvalue weighted by atomic mass is 9.64. The number of benzene rings is 1. The molecule has 124 valence electrons. The maximum atomic E-state index is 12.3. The molecular weight excluding hydrogens is 302 g/mol. The van der Waals surface area contributed by atoms with Gasteiger partial charge in [-0.1, -0.05) is 74.1 Å². The summed E-state index contributed by atoms with van der Waals surface area (Å²) < 4.78 is 0. The number of rotatable bonds is 2. The maximum Gasteiger partial charge on any atom is 0.223 e. The van der Waals surface area contributed by atoms with Gasteiger partial charge in [0.1, 0.15) is 8.07 Å². The van der Waals surface area contributed by atoms with E-state index in [0.717, 1.165) is 29.2 Å². The average Bonchev–Trinajstić information content (AvgIpc) is 2.53. The average molecular weight is 330 g/mol.